The fraction of sp³-hybridized carbons (Fsp3) is 0.300. The van der Waals surface area contributed by atoms with Gasteiger partial charge in [-0.2, -0.15) is 0 Å². The molecule has 0 saturated heterocycles. The molecule has 0 aliphatic heterocycles. The molecule has 1 atom stereocenters. The van der Waals surface area contributed by atoms with Gasteiger partial charge in [-0.05, 0) is 11.1 Å². The molecule has 2 aromatic rings. The summed E-state index contributed by atoms with van der Waals surface area (Å²) in [5.41, 5.74) is 2.44. The summed E-state index contributed by atoms with van der Waals surface area (Å²) in [7, 11) is 0. The third kappa shape index (κ3) is 5.99. The molecule has 2 aromatic carbocycles. The minimum atomic E-state index is -0.512. The Balaban J connectivity index is 1.93. The van der Waals surface area contributed by atoms with E-state index in [1.54, 1.807) is 6.08 Å². The second-order valence-electron chi connectivity index (χ2n) is 5.51. The van der Waals surface area contributed by atoms with Gasteiger partial charge in [0.25, 0.3) is 0 Å². The number of hydrogen-bond acceptors (Lipinski definition) is 3. The van der Waals surface area contributed by atoms with E-state index in [1.807, 2.05) is 36.4 Å². The van der Waals surface area contributed by atoms with Gasteiger partial charge in [0.1, 0.15) is 0 Å². The summed E-state index contributed by atoms with van der Waals surface area (Å²) in [6.45, 7) is 5.70. The Morgan fingerprint density at radius 3 is 2.04 bits per heavy atom. The van der Waals surface area contributed by atoms with Crippen LogP contribution in [-0.2, 0) is 4.74 Å². The Hall–Kier alpha value is -1.94. The summed E-state index contributed by atoms with van der Waals surface area (Å²) in [4.78, 5) is 0. The van der Waals surface area contributed by atoms with Gasteiger partial charge in [-0.1, -0.05) is 66.7 Å². The molecule has 0 amide bonds. The lowest BCUT2D eigenvalue weighted by Crippen LogP contribution is -2.31. The normalized spacial score (nSPS) is 12.3. The molecular formula is C20H25NO2. The molecule has 0 aromatic heterocycles. The van der Waals surface area contributed by atoms with Crippen LogP contribution in [0.1, 0.15) is 17.0 Å². The molecule has 122 valence electrons. The maximum atomic E-state index is 9.91. The Labute approximate surface area is 138 Å². The largest absolute Gasteiger partial charge is 0.389 e. The van der Waals surface area contributed by atoms with E-state index in [4.69, 9.17) is 4.74 Å². The van der Waals surface area contributed by atoms with Crippen LogP contribution in [0.5, 0.6) is 0 Å². The standard InChI is InChI=1S/C20H25NO2/c1-2-13-21-14-19(22)15-23-16-20(17-9-5-3-6-10-17)18-11-7-4-8-12-18/h2-12,19-22H,1,13-16H2. The van der Waals surface area contributed by atoms with Gasteiger partial charge >= 0.3 is 0 Å². The van der Waals surface area contributed by atoms with Gasteiger partial charge in [0, 0.05) is 19.0 Å². The third-order valence-corrected chi connectivity index (χ3v) is 3.67. The topological polar surface area (TPSA) is 41.5 Å². The minimum absolute atomic E-state index is 0.172. The first-order valence-electron chi connectivity index (χ1n) is 7.98. The van der Waals surface area contributed by atoms with Gasteiger partial charge in [0.15, 0.2) is 0 Å². The van der Waals surface area contributed by atoms with Gasteiger partial charge in [-0.3, -0.25) is 0 Å². The van der Waals surface area contributed by atoms with E-state index in [2.05, 4.69) is 36.2 Å². The Morgan fingerprint density at radius 2 is 1.52 bits per heavy atom. The number of rotatable bonds is 10. The van der Waals surface area contributed by atoms with Crippen molar-refractivity contribution in [2.45, 2.75) is 12.0 Å². The molecule has 2 N–H and O–H groups in total. The Bertz CT molecular complexity index is 517. The van der Waals surface area contributed by atoms with Gasteiger partial charge in [0.05, 0.1) is 19.3 Å². The lowest BCUT2D eigenvalue weighted by Gasteiger charge is -2.19. The zero-order valence-corrected chi connectivity index (χ0v) is 13.4. The molecule has 0 aliphatic rings. The molecule has 3 nitrogen and oxygen atoms in total. The van der Waals surface area contributed by atoms with E-state index >= 15 is 0 Å². The van der Waals surface area contributed by atoms with Crippen molar-refractivity contribution < 1.29 is 9.84 Å². The maximum Gasteiger partial charge on any atom is 0.0897 e. The van der Waals surface area contributed by atoms with Crippen LogP contribution in [0.4, 0.5) is 0 Å². The molecule has 0 saturated carbocycles. The molecule has 0 bridgehead atoms. The third-order valence-electron chi connectivity index (χ3n) is 3.67. The molecule has 0 fully saturated rings. The fourth-order valence-electron chi connectivity index (χ4n) is 2.49. The van der Waals surface area contributed by atoms with E-state index < -0.39 is 6.10 Å². The number of ether oxygens (including phenoxy) is 1. The van der Waals surface area contributed by atoms with Gasteiger partial charge in [0.2, 0.25) is 0 Å². The smallest absolute Gasteiger partial charge is 0.0897 e. The first kappa shape index (κ1) is 17.4. The molecule has 0 radical (unpaired) electrons. The van der Waals surface area contributed by atoms with Gasteiger partial charge in [-0.25, -0.2) is 0 Å². The number of aliphatic hydroxyl groups is 1. The molecule has 2 rings (SSSR count). The fourth-order valence-corrected chi connectivity index (χ4v) is 2.49. The van der Waals surface area contributed by atoms with Crippen molar-refractivity contribution in [1.29, 1.82) is 0 Å². The van der Waals surface area contributed by atoms with Crippen molar-refractivity contribution in [2.75, 3.05) is 26.3 Å². The number of aliphatic hydroxyl groups excluding tert-OH is 1. The molecule has 0 heterocycles. The number of benzene rings is 2. The van der Waals surface area contributed by atoms with Crippen LogP contribution in [0.15, 0.2) is 73.3 Å². The predicted molar refractivity (Wildman–Crippen MR) is 94.6 cm³/mol. The molecule has 1 unspecified atom stereocenters. The monoisotopic (exact) mass is 311 g/mol. The van der Waals surface area contributed by atoms with Gasteiger partial charge in [-0.15, -0.1) is 6.58 Å². The highest BCUT2D eigenvalue weighted by atomic mass is 16.5. The number of hydrogen-bond donors (Lipinski definition) is 2. The van der Waals surface area contributed by atoms with Crippen LogP contribution in [0.25, 0.3) is 0 Å². The van der Waals surface area contributed by atoms with E-state index in [9.17, 15) is 5.11 Å². The highest BCUT2D eigenvalue weighted by molar-refractivity contribution is 5.32. The first-order valence-corrected chi connectivity index (χ1v) is 7.98. The van der Waals surface area contributed by atoms with E-state index in [0.29, 0.717) is 26.3 Å². The highest BCUT2D eigenvalue weighted by Gasteiger charge is 2.15. The Morgan fingerprint density at radius 1 is 0.957 bits per heavy atom. The average molecular weight is 311 g/mol. The van der Waals surface area contributed by atoms with Crippen LogP contribution < -0.4 is 5.32 Å². The second-order valence-corrected chi connectivity index (χ2v) is 5.51. The van der Waals surface area contributed by atoms with E-state index in [1.165, 1.54) is 11.1 Å². The van der Waals surface area contributed by atoms with Crippen molar-refractivity contribution >= 4 is 0 Å². The Kier molecular flexibility index (Phi) is 7.54. The van der Waals surface area contributed by atoms with Gasteiger partial charge < -0.3 is 15.2 Å². The highest BCUT2D eigenvalue weighted by Crippen LogP contribution is 2.24. The van der Waals surface area contributed by atoms with Crippen molar-refractivity contribution in [3.05, 3.63) is 84.4 Å². The lowest BCUT2D eigenvalue weighted by atomic mass is 9.92. The summed E-state index contributed by atoms with van der Waals surface area (Å²) >= 11 is 0. The molecule has 0 aliphatic carbocycles. The van der Waals surface area contributed by atoms with Crippen LogP contribution in [0, 0.1) is 0 Å². The minimum Gasteiger partial charge on any atom is -0.389 e. The van der Waals surface area contributed by atoms with Crippen LogP contribution >= 0.6 is 0 Å². The average Bonchev–Trinajstić information content (AvgIpc) is 2.60. The summed E-state index contributed by atoms with van der Waals surface area (Å²) in [5, 5.41) is 13.0. The number of nitrogens with one attached hydrogen (secondary N) is 1. The van der Waals surface area contributed by atoms with Crippen molar-refractivity contribution in [2.24, 2.45) is 0 Å². The van der Waals surface area contributed by atoms with Crippen molar-refractivity contribution in [3.63, 3.8) is 0 Å². The van der Waals surface area contributed by atoms with Crippen LogP contribution in [-0.4, -0.2) is 37.5 Å². The quantitative estimate of drug-likeness (QED) is 0.523. The molecule has 0 spiro atoms. The summed E-state index contributed by atoms with van der Waals surface area (Å²) < 4.78 is 5.78. The predicted octanol–water partition coefficient (Wildman–Crippen LogP) is 2.97. The molecule has 3 heteroatoms. The molecule has 23 heavy (non-hydrogen) atoms. The van der Waals surface area contributed by atoms with Crippen molar-refractivity contribution in [3.8, 4) is 0 Å². The van der Waals surface area contributed by atoms with Crippen LogP contribution in [0.2, 0.25) is 0 Å². The van der Waals surface area contributed by atoms with Crippen molar-refractivity contribution in [1.82, 2.24) is 5.32 Å². The zero-order valence-electron chi connectivity index (χ0n) is 13.4. The maximum absolute atomic E-state index is 9.91. The molecular weight excluding hydrogens is 286 g/mol. The second kappa shape index (κ2) is 9.95. The van der Waals surface area contributed by atoms with E-state index in [-0.39, 0.29) is 5.92 Å². The summed E-state index contributed by atoms with van der Waals surface area (Å²) in [6.07, 6.45) is 1.26. The summed E-state index contributed by atoms with van der Waals surface area (Å²) in [6, 6.07) is 20.7. The SMILES string of the molecule is C=CCNCC(O)COCC(c1ccccc1)c1ccccc1. The first-order chi connectivity index (χ1) is 11.3. The van der Waals surface area contributed by atoms with Crippen LogP contribution in [0.3, 0.4) is 0 Å². The lowest BCUT2D eigenvalue weighted by molar-refractivity contribution is 0.0345. The zero-order chi connectivity index (χ0) is 16.3. The van der Waals surface area contributed by atoms with E-state index in [0.717, 1.165) is 0 Å². The summed E-state index contributed by atoms with van der Waals surface area (Å²) in [5.74, 6) is 0.172.